The molecule has 33 heavy (non-hydrogen) atoms. The summed E-state index contributed by atoms with van der Waals surface area (Å²) >= 11 is 13.9. The smallest absolute Gasteiger partial charge is 0.249 e. The fourth-order valence-electron chi connectivity index (χ4n) is 4.18. The molecule has 2 aromatic carbocycles. The van der Waals surface area contributed by atoms with Crippen molar-refractivity contribution >= 4 is 51.3 Å². The van der Waals surface area contributed by atoms with E-state index in [1.807, 2.05) is 29.6 Å². The van der Waals surface area contributed by atoms with Crippen LogP contribution in [0.2, 0.25) is 10.0 Å². The van der Waals surface area contributed by atoms with Crippen LogP contribution in [0.25, 0.3) is 27.5 Å². The second kappa shape index (κ2) is 8.41. The van der Waals surface area contributed by atoms with Gasteiger partial charge in [-0.05, 0) is 73.2 Å². The molecule has 3 aromatic heterocycles. The van der Waals surface area contributed by atoms with Crippen LogP contribution in [0.1, 0.15) is 24.0 Å². The summed E-state index contributed by atoms with van der Waals surface area (Å²) in [6.45, 7) is 0. The normalized spacial score (nSPS) is 13.3. The molecule has 3 heterocycles. The molecule has 0 atom stereocenters. The summed E-state index contributed by atoms with van der Waals surface area (Å²) in [5.41, 5.74) is 6.54. The SMILES string of the molecule is Clc1ccc(-c2csc3nc(Nc4ccc(-c5ccc6c(c5)CCCC6)nn4)nn23)c(Cl)c1. The third kappa shape index (κ3) is 3.97. The lowest BCUT2D eigenvalue weighted by molar-refractivity contribution is 0.686. The van der Waals surface area contributed by atoms with Gasteiger partial charge in [-0.1, -0.05) is 35.3 Å². The van der Waals surface area contributed by atoms with E-state index in [1.165, 1.54) is 41.7 Å². The van der Waals surface area contributed by atoms with Gasteiger partial charge < -0.3 is 5.32 Å². The topological polar surface area (TPSA) is 68.0 Å². The van der Waals surface area contributed by atoms with Crippen molar-refractivity contribution in [2.75, 3.05) is 5.32 Å². The zero-order valence-corrected chi connectivity index (χ0v) is 19.8. The highest BCUT2D eigenvalue weighted by molar-refractivity contribution is 7.15. The van der Waals surface area contributed by atoms with Crippen LogP contribution < -0.4 is 5.32 Å². The van der Waals surface area contributed by atoms with Crippen LogP contribution in [0.15, 0.2) is 53.9 Å². The van der Waals surface area contributed by atoms with Crippen molar-refractivity contribution < 1.29 is 0 Å². The van der Waals surface area contributed by atoms with E-state index in [0.717, 1.165) is 33.9 Å². The number of hydrogen-bond donors (Lipinski definition) is 1. The average Bonchev–Trinajstić information content (AvgIpc) is 3.40. The molecule has 0 saturated heterocycles. The largest absolute Gasteiger partial charge is 0.306 e. The average molecular weight is 493 g/mol. The molecular weight excluding hydrogens is 475 g/mol. The van der Waals surface area contributed by atoms with Gasteiger partial charge in [0.25, 0.3) is 0 Å². The Kier molecular flexibility index (Phi) is 5.25. The maximum Gasteiger partial charge on any atom is 0.249 e. The molecule has 164 valence electrons. The minimum absolute atomic E-state index is 0.448. The van der Waals surface area contributed by atoms with Gasteiger partial charge in [0, 0.05) is 21.5 Å². The molecule has 0 amide bonds. The van der Waals surface area contributed by atoms with E-state index in [0.29, 0.717) is 21.8 Å². The first-order valence-electron chi connectivity index (χ1n) is 10.7. The molecule has 0 saturated carbocycles. The number of anilines is 2. The van der Waals surface area contributed by atoms with Gasteiger partial charge in [-0.2, -0.15) is 4.98 Å². The number of nitrogens with zero attached hydrogens (tertiary/aromatic N) is 5. The number of benzene rings is 2. The zero-order chi connectivity index (χ0) is 22.4. The summed E-state index contributed by atoms with van der Waals surface area (Å²) in [6, 6.07) is 15.9. The zero-order valence-electron chi connectivity index (χ0n) is 17.4. The van der Waals surface area contributed by atoms with Crippen molar-refractivity contribution in [3.05, 3.63) is 75.1 Å². The third-order valence-corrected chi connectivity index (χ3v) is 7.20. The van der Waals surface area contributed by atoms with Crippen molar-refractivity contribution in [1.29, 1.82) is 0 Å². The molecule has 5 aromatic rings. The number of fused-ring (bicyclic) bond motifs is 2. The number of thiazole rings is 1. The molecule has 1 N–H and O–H groups in total. The van der Waals surface area contributed by atoms with Gasteiger partial charge in [-0.15, -0.1) is 26.6 Å². The van der Waals surface area contributed by atoms with Crippen LogP contribution in [0, 0.1) is 0 Å². The highest BCUT2D eigenvalue weighted by Gasteiger charge is 2.15. The first kappa shape index (κ1) is 20.6. The lowest BCUT2D eigenvalue weighted by atomic mass is 9.90. The van der Waals surface area contributed by atoms with Crippen molar-refractivity contribution in [1.82, 2.24) is 24.8 Å². The number of aromatic nitrogens is 5. The molecule has 1 aliphatic rings. The predicted octanol–water partition coefficient (Wildman–Crippen LogP) is 6.84. The molecule has 0 unspecified atom stereocenters. The molecule has 0 radical (unpaired) electrons. The van der Waals surface area contributed by atoms with E-state index in [9.17, 15) is 0 Å². The number of rotatable bonds is 4. The van der Waals surface area contributed by atoms with Crippen LogP contribution >= 0.6 is 34.5 Å². The molecule has 1 aliphatic carbocycles. The van der Waals surface area contributed by atoms with Crippen molar-refractivity contribution in [3.63, 3.8) is 0 Å². The molecule has 0 fully saturated rings. The van der Waals surface area contributed by atoms with E-state index in [2.05, 4.69) is 43.8 Å². The van der Waals surface area contributed by atoms with E-state index in [-0.39, 0.29) is 0 Å². The van der Waals surface area contributed by atoms with Crippen LogP contribution in [0.3, 0.4) is 0 Å². The van der Waals surface area contributed by atoms with E-state index >= 15 is 0 Å². The molecule has 9 heteroatoms. The fraction of sp³-hybridized carbons (Fsp3) is 0.167. The number of halogens is 2. The maximum atomic E-state index is 6.39. The van der Waals surface area contributed by atoms with Gasteiger partial charge >= 0.3 is 0 Å². The van der Waals surface area contributed by atoms with Gasteiger partial charge in [0.1, 0.15) is 0 Å². The Balaban J connectivity index is 1.24. The standard InChI is InChI=1S/C24H18Cl2N6S/c25-17-7-8-18(19(26)12-17)21-13-33-24-28-23(31-32(21)24)27-22-10-9-20(29-30-22)16-6-5-14-3-1-2-4-15(14)11-16/h5-13H,1-4H2,(H,27,30,31). The third-order valence-electron chi connectivity index (χ3n) is 5.84. The van der Waals surface area contributed by atoms with Crippen LogP contribution in [0.4, 0.5) is 11.8 Å². The second-order valence-corrected chi connectivity index (χ2v) is 9.67. The molecule has 0 aliphatic heterocycles. The predicted molar refractivity (Wildman–Crippen MR) is 134 cm³/mol. The first-order chi connectivity index (χ1) is 16.1. The molecule has 6 rings (SSSR count). The Labute approximate surface area is 204 Å². The van der Waals surface area contributed by atoms with Crippen LogP contribution in [0.5, 0.6) is 0 Å². The molecule has 0 spiro atoms. The Morgan fingerprint density at radius 2 is 1.79 bits per heavy atom. The molecular formula is C24H18Cl2N6S. The number of nitrogens with one attached hydrogen (secondary N) is 1. The van der Waals surface area contributed by atoms with E-state index in [4.69, 9.17) is 23.2 Å². The second-order valence-electron chi connectivity index (χ2n) is 7.99. The van der Waals surface area contributed by atoms with Crippen molar-refractivity contribution in [2.45, 2.75) is 25.7 Å². The van der Waals surface area contributed by atoms with E-state index in [1.54, 1.807) is 10.6 Å². The van der Waals surface area contributed by atoms with Gasteiger partial charge in [-0.25, -0.2) is 4.52 Å². The van der Waals surface area contributed by atoms with Crippen LogP contribution in [-0.4, -0.2) is 24.8 Å². The number of aryl methyl sites for hydroxylation is 2. The monoisotopic (exact) mass is 492 g/mol. The van der Waals surface area contributed by atoms with Crippen LogP contribution in [-0.2, 0) is 12.8 Å². The van der Waals surface area contributed by atoms with Gasteiger partial charge in [0.2, 0.25) is 10.9 Å². The summed E-state index contributed by atoms with van der Waals surface area (Å²) in [5.74, 6) is 1.03. The summed E-state index contributed by atoms with van der Waals surface area (Å²) in [5, 5.41) is 19.6. The number of hydrogen-bond acceptors (Lipinski definition) is 6. The lowest BCUT2D eigenvalue weighted by Gasteiger charge is -2.16. The van der Waals surface area contributed by atoms with E-state index < -0.39 is 0 Å². The lowest BCUT2D eigenvalue weighted by Crippen LogP contribution is -2.03. The van der Waals surface area contributed by atoms with Crippen molar-refractivity contribution in [3.8, 4) is 22.5 Å². The van der Waals surface area contributed by atoms with Gasteiger partial charge in [-0.3, -0.25) is 0 Å². The Morgan fingerprint density at radius 1 is 0.909 bits per heavy atom. The minimum atomic E-state index is 0.448. The maximum absolute atomic E-state index is 6.39. The van der Waals surface area contributed by atoms with Gasteiger partial charge in [0.05, 0.1) is 16.4 Å². The van der Waals surface area contributed by atoms with Crippen molar-refractivity contribution in [2.24, 2.45) is 0 Å². The Hall–Kier alpha value is -3.00. The molecule has 6 nitrogen and oxygen atoms in total. The highest BCUT2D eigenvalue weighted by atomic mass is 35.5. The summed E-state index contributed by atoms with van der Waals surface area (Å²) in [4.78, 5) is 5.30. The fourth-order valence-corrected chi connectivity index (χ4v) is 5.50. The Bertz CT molecular complexity index is 1470. The summed E-state index contributed by atoms with van der Waals surface area (Å²) < 4.78 is 1.76. The quantitative estimate of drug-likeness (QED) is 0.297. The van der Waals surface area contributed by atoms with Gasteiger partial charge in [0.15, 0.2) is 5.82 Å². The summed E-state index contributed by atoms with van der Waals surface area (Å²) in [6.07, 6.45) is 4.85. The first-order valence-corrected chi connectivity index (χ1v) is 12.3. The molecule has 0 bridgehead atoms. The Morgan fingerprint density at radius 3 is 2.61 bits per heavy atom. The highest BCUT2D eigenvalue weighted by Crippen LogP contribution is 2.33. The minimum Gasteiger partial charge on any atom is -0.306 e. The summed E-state index contributed by atoms with van der Waals surface area (Å²) in [7, 11) is 0.